The lowest BCUT2D eigenvalue weighted by Gasteiger charge is -2.29. The van der Waals surface area contributed by atoms with Crippen molar-refractivity contribution in [2.24, 2.45) is 0 Å². The Bertz CT molecular complexity index is 1110. The van der Waals surface area contributed by atoms with Crippen molar-refractivity contribution in [2.45, 2.75) is 37.5 Å². The van der Waals surface area contributed by atoms with Gasteiger partial charge in [0.2, 0.25) is 5.78 Å². The molecule has 0 atom stereocenters. The zero-order valence-electron chi connectivity index (χ0n) is 16.2. The largest absolute Gasteiger partial charge is 0.453 e. The standard InChI is InChI=1S/C24H19ClN2O3/c25-18-4-2-17(3-5-18)21-6-7-22(30-21)20(29)13-16-1-8-23(27-14-16)24(15-26)11-9-19(28)10-12-24/h1-8,14H,9-13H2. The highest BCUT2D eigenvalue weighted by molar-refractivity contribution is 6.30. The Morgan fingerprint density at radius 1 is 1.10 bits per heavy atom. The van der Waals surface area contributed by atoms with Crippen LogP contribution in [-0.2, 0) is 16.6 Å². The van der Waals surface area contributed by atoms with Gasteiger partial charge in [-0.3, -0.25) is 14.6 Å². The van der Waals surface area contributed by atoms with E-state index in [9.17, 15) is 14.9 Å². The number of nitriles is 1. The minimum Gasteiger partial charge on any atom is -0.453 e. The van der Waals surface area contributed by atoms with E-state index in [1.165, 1.54) is 0 Å². The fourth-order valence-electron chi connectivity index (χ4n) is 3.72. The van der Waals surface area contributed by atoms with E-state index in [2.05, 4.69) is 11.1 Å². The lowest BCUT2D eigenvalue weighted by atomic mass is 9.72. The van der Waals surface area contributed by atoms with Crippen LogP contribution in [0, 0.1) is 11.3 Å². The Morgan fingerprint density at radius 3 is 2.47 bits per heavy atom. The fraction of sp³-hybridized carbons (Fsp3) is 0.250. The summed E-state index contributed by atoms with van der Waals surface area (Å²) in [7, 11) is 0. The summed E-state index contributed by atoms with van der Waals surface area (Å²) in [6.45, 7) is 0. The van der Waals surface area contributed by atoms with E-state index in [4.69, 9.17) is 16.0 Å². The second-order valence-corrected chi connectivity index (χ2v) is 7.99. The number of hydrogen-bond donors (Lipinski definition) is 0. The van der Waals surface area contributed by atoms with Crippen molar-refractivity contribution in [1.82, 2.24) is 4.98 Å². The number of hydrogen-bond acceptors (Lipinski definition) is 5. The van der Waals surface area contributed by atoms with Gasteiger partial charge in [-0.15, -0.1) is 0 Å². The average molecular weight is 419 g/mol. The molecule has 1 saturated carbocycles. The van der Waals surface area contributed by atoms with E-state index in [1.807, 2.05) is 18.2 Å². The number of carbonyl (C=O) groups excluding carboxylic acids is 2. The number of furan rings is 1. The summed E-state index contributed by atoms with van der Waals surface area (Å²) in [4.78, 5) is 28.6. The monoisotopic (exact) mass is 418 g/mol. The fourth-order valence-corrected chi connectivity index (χ4v) is 3.85. The SMILES string of the molecule is N#CC1(c2ccc(CC(=O)c3ccc(-c4ccc(Cl)cc4)o3)cn2)CCC(=O)CC1. The third-order valence-corrected chi connectivity index (χ3v) is 5.82. The van der Waals surface area contributed by atoms with Crippen molar-refractivity contribution in [3.8, 4) is 17.4 Å². The first kappa shape index (κ1) is 20.1. The summed E-state index contributed by atoms with van der Waals surface area (Å²) in [5, 5.41) is 10.3. The number of aromatic nitrogens is 1. The molecule has 2 heterocycles. The number of nitrogens with zero attached hydrogens (tertiary/aromatic N) is 2. The highest BCUT2D eigenvalue weighted by Crippen LogP contribution is 2.36. The summed E-state index contributed by atoms with van der Waals surface area (Å²) >= 11 is 5.91. The van der Waals surface area contributed by atoms with E-state index >= 15 is 0 Å². The third kappa shape index (κ3) is 4.05. The van der Waals surface area contributed by atoms with Crippen LogP contribution in [0.3, 0.4) is 0 Å². The molecule has 0 aliphatic heterocycles. The van der Waals surface area contributed by atoms with Crippen molar-refractivity contribution >= 4 is 23.2 Å². The number of Topliss-reactive ketones (excluding diaryl/α,β-unsaturated/α-hetero) is 2. The molecular weight excluding hydrogens is 400 g/mol. The number of pyridine rings is 1. The van der Waals surface area contributed by atoms with Gasteiger partial charge in [-0.05, 0) is 60.9 Å². The number of carbonyl (C=O) groups is 2. The van der Waals surface area contributed by atoms with Crippen LogP contribution >= 0.6 is 11.6 Å². The topological polar surface area (TPSA) is 84.0 Å². The second-order valence-electron chi connectivity index (χ2n) is 7.56. The van der Waals surface area contributed by atoms with Crippen LogP contribution < -0.4 is 0 Å². The van der Waals surface area contributed by atoms with E-state index in [1.54, 1.807) is 36.5 Å². The third-order valence-electron chi connectivity index (χ3n) is 5.56. The Labute approximate surface area is 179 Å². The normalized spacial score (nSPS) is 15.5. The van der Waals surface area contributed by atoms with Crippen LogP contribution in [0.4, 0.5) is 0 Å². The second kappa shape index (κ2) is 8.25. The van der Waals surface area contributed by atoms with E-state index in [0.29, 0.717) is 42.2 Å². The van der Waals surface area contributed by atoms with E-state index < -0.39 is 5.41 Å². The van der Waals surface area contributed by atoms with Crippen LogP contribution in [0.15, 0.2) is 59.1 Å². The van der Waals surface area contributed by atoms with E-state index in [-0.39, 0.29) is 23.7 Å². The van der Waals surface area contributed by atoms with Crippen molar-refractivity contribution in [2.75, 3.05) is 0 Å². The summed E-state index contributed by atoms with van der Waals surface area (Å²) in [5.74, 6) is 0.928. The Balaban J connectivity index is 1.46. The first-order valence-electron chi connectivity index (χ1n) is 9.76. The number of ketones is 2. The molecule has 0 amide bonds. The molecule has 0 unspecified atom stereocenters. The smallest absolute Gasteiger partial charge is 0.202 e. The summed E-state index contributed by atoms with van der Waals surface area (Å²) < 4.78 is 5.72. The van der Waals surface area contributed by atoms with Gasteiger partial charge in [0.15, 0.2) is 5.76 Å². The minimum absolute atomic E-state index is 0.150. The van der Waals surface area contributed by atoms with Gasteiger partial charge in [0.05, 0.1) is 11.8 Å². The Kier molecular flexibility index (Phi) is 5.52. The van der Waals surface area contributed by atoms with Gasteiger partial charge in [-0.25, -0.2) is 0 Å². The molecule has 1 aliphatic carbocycles. The van der Waals surface area contributed by atoms with Crippen LogP contribution in [0.25, 0.3) is 11.3 Å². The minimum atomic E-state index is -0.717. The Morgan fingerprint density at radius 2 is 1.83 bits per heavy atom. The highest BCUT2D eigenvalue weighted by atomic mass is 35.5. The van der Waals surface area contributed by atoms with Crippen LogP contribution in [0.2, 0.25) is 5.02 Å². The predicted octanol–water partition coefficient (Wildman–Crippen LogP) is 5.32. The van der Waals surface area contributed by atoms with Gasteiger partial charge in [0, 0.05) is 36.0 Å². The first-order chi connectivity index (χ1) is 14.5. The van der Waals surface area contributed by atoms with Crippen molar-refractivity contribution in [1.29, 1.82) is 5.26 Å². The van der Waals surface area contributed by atoms with Crippen molar-refractivity contribution in [3.63, 3.8) is 0 Å². The molecule has 0 radical (unpaired) electrons. The quantitative estimate of drug-likeness (QED) is 0.523. The summed E-state index contributed by atoms with van der Waals surface area (Å²) in [6.07, 6.45) is 3.58. The zero-order chi connectivity index (χ0) is 21.1. The van der Waals surface area contributed by atoms with E-state index in [0.717, 1.165) is 11.1 Å². The lowest BCUT2D eigenvalue weighted by Crippen LogP contribution is -2.31. The summed E-state index contributed by atoms with van der Waals surface area (Å²) in [6, 6.07) is 16.6. The highest BCUT2D eigenvalue weighted by Gasteiger charge is 2.37. The predicted molar refractivity (Wildman–Crippen MR) is 112 cm³/mol. The number of rotatable bonds is 5. The molecule has 2 aromatic heterocycles. The van der Waals surface area contributed by atoms with Gasteiger partial charge < -0.3 is 4.42 Å². The maximum absolute atomic E-state index is 12.6. The molecule has 6 heteroatoms. The molecule has 150 valence electrons. The molecule has 1 aliphatic rings. The van der Waals surface area contributed by atoms with Crippen LogP contribution in [0.5, 0.6) is 0 Å². The van der Waals surface area contributed by atoms with Crippen molar-refractivity contribution < 1.29 is 14.0 Å². The van der Waals surface area contributed by atoms with Gasteiger partial charge >= 0.3 is 0 Å². The average Bonchev–Trinajstić information content (AvgIpc) is 3.26. The van der Waals surface area contributed by atoms with Gasteiger partial charge in [-0.2, -0.15) is 5.26 Å². The van der Waals surface area contributed by atoms with Crippen molar-refractivity contribution in [3.05, 3.63) is 76.8 Å². The number of halogens is 1. The lowest BCUT2D eigenvalue weighted by molar-refractivity contribution is -0.121. The van der Waals surface area contributed by atoms with Gasteiger partial charge in [-0.1, -0.05) is 17.7 Å². The maximum atomic E-state index is 12.6. The zero-order valence-corrected chi connectivity index (χ0v) is 17.0. The Hall–Kier alpha value is -3.23. The van der Waals surface area contributed by atoms with Gasteiger partial charge in [0.25, 0.3) is 0 Å². The van der Waals surface area contributed by atoms with Crippen LogP contribution in [-0.4, -0.2) is 16.6 Å². The molecule has 0 bridgehead atoms. The molecule has 5 nitrogen and oxygen atoms in total. The summed E-state index contributed by atoms with van der Waals surface area (Å²) in [5.41, 5.74) is 1.53. The number of benzene rings is 1. The molecule has 0 spiro atoms. The molecule has 4 rings (SSSR count). The molecule has 0 saturated heterocycles. The molecule has 0 N–H and O–H groups in total. The molecule has 1 aromatic carbocycles. The molecule has 30 heavy (non-hydrogen) atoms. The first-order valence-corrected chi connectivity index (χ1v) is 10.1. The molecular formula is C24H19ClN2O3. The maximum Gasteiger partial charge on any atom is 0.202 e. The van der Waals surface area contributed by atoms with Gasteiger partial charge in [0.1, 0.15) is 17.0 Å². The van der Waals surface area contributed by atoms with Crippen LogP contribution in [0.1, 0.15) is 47.5 Å². The molecule has 1 fully saturated rings. The molecule has 3 aromatic rings.